The molecule has 3 unspecified atom stereocenters. The van der Waals surface area contributed by atoms with Crippen molar-refractivity contribution in [1.29, 1.82) is 0 Å². The lowest BCUT2D eigenvalue weighted by Crippen LogP contribution is -2.36. The van der Waals surface area contributed by atoms with Crippen molar-refractivity contribution < 1.29 is 23.9 Å². The van der Waals surface area contributed by atoms with Gasteiger partial charge in [0.25, 0.3) is 0 Å². The van der Waals surface area contributed by atoms with Crippen LogP contribution in [-0.4, -0.2) is 83.3 Å². The van der Waals surface area contributed by atoms with Crippen LogP contribution in [0, 0.1) is 11.8 Å². The van der Waals surface area contributed by atoms with Crippen LogP contribution in [0.1, 0.15) is 101 Å². The summed E-state index contributed by atoms with van der Waals surface area (Å²) in [6, 6.07) is 1.20. The fraction of sp³-hybridized carbons (Fsp3) is 0.893. The van der Waals surface area contributed by atoms with E-state index in [4.69, 9.17) is 9.47 Å². The zero-order valence-corrected chi connectivity index (χ0v) is 24.4. The molecule has 8 nitrogen and oxygen atoms in total. The largest absolute Gasteiger partial charge is 0.449 e. The lowest BCUT2D eigenvalue weighted by Gasteiger charge is -2.23. The molecule has 0 radical (unpaired) electrons. The monoisotopic (exact) mass is 511 g/mol. The lowest BCUT2D eigenvalue weighted by atomic mass is 10.2. The van der Waals surface area contributed by atoms with E-state index in [1.54, 1.807) is 4.90 Å². The predicted molar refractivity (Wildman–Crippen MR) is 144 cm³/mol. The molecule has 3 heterocycles. The summed E-state index contributed by atoms with van der Waals surface area (Å²) in [6.07, 6.45) is 6.48. The molecule has 8 heteroatoms. The summed E-state index contributed by atoms with van der Waals surface area (Å²) in [4.78, 5) is 39.9. The summed E-state index contributed by atoms with van der Waals surface area (Å²) in [5, 5.41) is 0. The molecule has 3 atom stereocenters. The third-order valence-corrected chi connectivity index (χ3v) is 6.78. The van der Waals surface area contributed by atoms with Crippen LogP contribution in [0.25, 0.3) is 0 Å². The Hall–Kier alpha value is -1.99. The van der Waals surface area contributed by atoms with E-state index in [0.29, 0.717) is 36.6 Å². The van der Waals surface area contributed by atoms with Crippen molar-refractivity contribution in [3.8, 4) is 0 Å². The zero-order valence-electron chi connectivity index (χ0n) is 24.4. The maximum absolute atomic E-state index is 11.5. The van der Waals surface area contributed by atoms with Crippen LogP contribution < -0.4 is 0 Å². The SMILES string of the molecule is CC(C)C(=O)N1CCCC1C.CC(C)COC(=O)N1CCCC1C.CC(C)OC(=O)N1CCCC1C. The van der Waals surface area contributed by atoms with E-state index in [0.717, 1.165) is 45.3 Å². The molecule has 36 heavy (non-hydrogen) atoms. The van der Waals surface area contributed by atoms with Crippen LogP contribution in [0.3, 0.4) is 0 Å². The first-order valence-corrected chi connectivity index (χ1v) is 14.1. The molecule has 3 amide bonds. The fourth-order valence-corrected chi connectivity index (χ4v) is 4.59. The second-order valence-electron chi connectivity index (χ2n) is 11.5. The Balaban J connectivity index is 0.000000271. The third-order valence-electron chi connectivity index (χ3n) is 6.78. The van der Waals surface area contributed by atoms with Crippen LogP contribution in [0.15, 0.2) is 0 Å². The zero-order chi connectivity index (χ0) is 27.4. The van der Waals surface area contributed by atoms with Gasteiger partial charge in [-0.05, 0) is 79.1 Å². The van der Waals surface area contributed by atoms with E-state index in [9.17, 15) is 14.4 Å². The summed E-state index contributed by atoms with van der Waals surface area (Å²) in [5.41, 5.74) is 0. The summed E-state index contributed by atoms with van der Waals surface area (Å²) >= 11 is 0. The number of nitrogens with zero attached hydrogens (tertiary/aromatic N) is 3. The average Bonchev–Trinajstić information content (AvgIpc) is 3.53. The first-order valence-electron chi connectivity index (χ1n) is 14.1. The Morgan fingerprint density at radius 1 is 0.694 bits per heavy atom. The minimum Gasteiger partial charge on any atom is -0.449 e. The van der Waals surface area contributed by atoms with Crippen LogP contribution in [0.2, 0.25) is 0 Å². The van der Waals surface area contributed by atoms with E-state index < -0.39 is 0 Å². The highest BCUT2D eigenvalue weighted by molar-refractivity contribution is 5.78. The van der Waals surface area contributed by atoms with Gasteiger partial charge >= 0.3 is 12.2 Å². The van der Waals surface area contributed by atoms with Gasteiger partial charge in [0.05, 0.1) is 12.7 Å². The number of amides is 3. The molecule has 3 rings (SSSR count). The first kappa shape index (κ1) is 32.0. The van der Waals surface area contributed by atoms with Gasteiger partial charge in [0, 0.05) is 43.7 Å². The second kappa shape index (κ2) is 16.0. The second-order valence-corrected chi connectivity index (χ2v) is 11.5. The van der Waals surface area contributed by atoms with Gasteiger partial charge in [-0.3, -0.25) is 4.79 Å². The molecule has 0 saturated carbocycles. The summed E-state index contributed by atoms with van der Waals surface area (Å²) in [7, 11) is 0. The Morgan fingerprint density at radius 3 is 1.44 bits per heavy atom. The first-order chi connectivity index (χ1) is 16.8. The molecule has 0 aromatic carbocycles. The number of rotatable bonds is 4. The van der Waals surface area contributed by atoms with E-state index in [2.05, 4.69) is 20.8 Å². The van der Waals surface area contributed by atoms with Gasteiger partial charge in [-0.2, -0.15) is 0 Å². The van der Waals surface area contributed by atoms with Crippen molar-refractivity contribution >= 4 is 18.1 Å². The van der Waals surface area contributed by atoms with Gasteiger partial charge in [-0.25, -0.2) is 9.59 Å². The van der Waals surface area contributed by atoms with E-state index in [1.165, 1.54) is 12.8 Å². The maximum Gasteiger partial charge on any atom is 0.410 e. The smallest absolute Gasteiger partial charge is 0.410 e. The number of likely N-dealkylation sites (tertiary alicyclic amines) is 3. The third kappa shape index (κ3) is 11.0. The topological polar surface area (TPSA) is 79.4 Å². The molecule has 3 aliphatic heterocycles. The van der Waals surface area contributed by atoms with Gasteiger partial charge in [-0.1, -0.05) is 27.7 Å². The Labute approximate surface area is 220 Å². The van der Waals surface area contributed by atoms with Crippen LogP contribution >= 0.6 is 0 Å². The van der Waals surface area contributed by atoms with Crippen LogP contribution in [0.4, 0.5) is 9.59 Å². The molecule has 3 fully saturated rings. The van der Waals surface area contributed by atoms with Crippen LogP contribution in [-0.2, 0) is 14.3 Å². The van der Waals surface area contributed by atoms with Crippen molar-refractivity contribution in [3.05, 3.63) is 0 Å². The quantitative estimate of drug-likeness (QED) is 0.467. The fourth-order valence-electron chi connectivity index (χ4n) is 4.59. The maximum atomic E-state index is 11.5. The number of hydrogen-bond acceptors (Lipinski definition) is 5. The van der Waals surface area contributed by atoms with Crippen molar-refractivity contribution in [2.75, 3.05) is 26.2 Å². The highest BCUT2D eigenvalue weighted by Gasteiger charge is 2.28. The summed E-state index contributed by atoms with van der Waals surface area (Å²) in [6.45, 7) is 21.2. The average molecular weight is 512 g/mol. The summed E-state index contributed by atoms with van der Waals surface area (Å²) in [5.74, 6) is 0.896. The van der Waals surface area contributed by atoms with Crippen molar-refractivity contribution in [2.24, 2.45) is 11.8 Å². The van der Waals surface area contributed by atoms with Crippen molar-refractivity contribution in [2.45, 2.75) is 125 Å². The lowest BCUT2D eigenvalue weighted by molar-refractivity contribution is -0.134. The van der Waals surface area contributed by atoms with Gasteiger partial charge in [0.2, 0.25) is 5.91 Å². The number of carbonyl (C=O) groups excluding carboxylic acids is 3. The summed E-state index contributed by atoms with van der Waals surface area (Å²) < 4.78 is 10.2. The van der Waals surface area contributed by atoms with Crippen LogP contribution in [0.5, 0.6) is 0 Å². The Kier molecular flexibility index (Phi) is 14.2. The van der Waals surface area contributed by atoms with E-state index in [-0.39, 0.29) is 24.2 Å². The molecule has 0 spiro atoms. The minimum atomic E-state index is -0.157. The molecule has 0 aromatic rings. The van der Waals surface area contributed by atoms with Gasteiger partial charge < -0.3 is 24.2 Å². The molecule has 3 aliphatic rings. The molecule has 0 N–H and O–H groups in total. The number of carbonyl (C=O) groups is 3. The molecular weight excluding hydrogens is 458 g/mol. The molecular formula is C28H53N3O5. The number of ether oxygens (including phenoxy) is 2. The van der Waals surface area contributed by atoms with Crippen molar-refractivity contribution in [3.63, 3.8) is 0 Å². The molecule has 0 bridgehead atoms. The highest BCUT2D eigenvalue weighted by atomic mass is 16.6. The van der Waals surface area contributed by atoms with Gasteiger partial charge in [0.15, 0.2) is 0 Å². The number of hydrogen-bond donors (Lipinski definition) is 0. The Morgan fingerprint density at radius 2 is 1.11 bits per heavy atom. The normalized spacial score (nSPS) is 23.4. The molecule has 0 aromatic heterocycles. The van der Waals surface area contributed by atoms with Gasteiger partial charge in [0.1, 0.15) is 0 Å². The Bertz CT molecular complexity index is 682. The highest BCUT2D eigenvalue weighted by Crippen LogP contribution is 2.19. The van der Waals surface area contributed by atoms with E-state index >= 15 is 0 Å². The van der Waals surface area contributed by atoms with Gasteiger partial charge in [-0.15, -0.1) is 0 Å². The minimum absolute atomic E-state index is 0.00898. The van der Waals surface area contributed by atoms with E-state index in [1.807, 2.05) is 51.3 Å². The van der Waals surface area contributed by atoms with Crippen molar-refractivity contribution in [1.82, 2.24) is 14.7 Å². The molecule has 0 aliphatic carbocycles. The molecule has 210 valence electrons. The standard InChI is InChI=1S/C10H19NO2.C9H17NO2.C9H17NO/c1-8(2)7-13-10(12)11-6-4-5-9(11)3;1-7(2)12-9(11)10-6-4-5-8(10)3;1-7(2)9(11)10-6-4-5-8(10)3/h8-9H,4-7H2,1-3H3;7-8H,4-6H2,1-3H3;7-8H,4-6H2,1-3H3. The predicted octanol–water partition coefficient (Wildman–Crippen LogP) is 5.93. The molecule has 3 saturated heterocycles.